The van der Waals surface area contributed by atoms with Gasteiger partial charge in [0, 0.05) is 5.92 Å². The summed E-state index contributed by atoms with van der Waals surface area (Å²) in [5.74, 6) is 2.86. The van der Waals surface area contributed by atoms with Crippen LogP contribution in [0.5, 0.6) is 0 Å². The van der Waals surface area contributed by atoms with Gasteiger partial charge in [-0.25, -0.2) is 0 Å². The van der Waals surface area contributed by atoms with E-state index >= 15 is 0 Å². The van der Waals surface area contributed by atoms with Crippen LogP contribution in [0.2, 0.25) is 0 Å². The third kappa shape index (κ3) is 5.10. The molecule has 0 radical (unpaired) electrons. The Morgan fingerprint density at radius 2 is 1.86 bits per heavy atom. The van der Waals surface area contributed by atoms with Crippen molar-refractivity contribution in [2.24, 2.45) is 29.6 Å². The summed E-state index contributed by atoms with van der Waals surface area (Å²) in [5, 5.41) is 0. The molecule has 2 aliphatic carbocycles. The van der Waals surface area contributed by atoms with E-state index in [9.17, 15) is 4.79 Å². The van der Waals surface area contributed by atoms with Crippen molar-refractivity contribution in [3.63, 3.8) is 0 Å². The summed E-state index contributed by atoms with van der Waals surface area (Å²) in [4.78, 5) is 13.1. The second-order valence-corrected chi connectivity index (χ2v) is 9.30. The van der Waals surface area contributed by atoms with E-state index in [-0.39, 0.29) is 11.7 Å². The van der Waals surface area contributed by atoms with Gasteiger partial charge in [0.15, 0.2) is 11.5 Å². The predicted molar refractivity (Wildman–Crippen MR) is 120 cm³/mol. The van der Waals surface area contributed by atoms with E-state index in [1.54, 1.807) is 0 Å². The van der Waals surface area contributed by atoms with Crippen molar-refractivity contribution < 1.29 is 9.53 Å². The molecule has 3 rings (SSSR count). The number of ketones is 1. The van der Waals surface area contributed by atoms with Crippen molar-refractivity contribution in [2.75, 3.05) is 0 Å². The van der Waals surface area contributed by atoms with Crippen LogP contribution < -0.4 is 0 Å². The Morgan fingerprint density at radius 1 is 1.14 bits per heavy atom. The first kappa shape index (κ1) is 21.6. The van der Waals surface area contributed by atoms with E-state index in [4.69, 9.17) is 4.74 Å². The van der Waals surface area contributed by atoms with Gasteiger partial charge < -0.3 is 4.74 Å². The highest BCUT2D eigenvalue weighted by Gasteiger charge is 2.44. The average Bonchev–Trinajstić information content (AvgIpc) is 2.69. The van der Waals surface area contributed by atoms with Crippen molar-refractivity contribution in [3.05, 3.63) is 71.0 Å². The molecule has 29 heavy (non-hydrogen) atoms. The summed E-state index contributed by atoms with van der Waals surface area (Å²) < 4.78 is 6.23. The van der Waals surface area contributed by atoms with Crippen LogP contribution in [0, 0.1) is 29.6 Å². The molecule has 0 saturated heterocycles. The molecular formula is C27H36O2. The number of Topliss-reactive ketones (excluding diaryl/α,β-unsaturated/α-hetero) is 1. The quantitative estimate of drug-likeness (QED) is 0.493. The predicted octanol–water partition coefficient (Wildman–Crippen LogP) is 6.89. The molecule has 3 unspecified atom stereocenters. The van der Waals surface area contributed by atoms with Gasteiger partial charge in [0.1, 0.15) is 6.61 Å². The molecule has 1 aromatic carbocycles. The normalized spacial score (nSPS) is 28.2. The topological polar surface area (TPSA) is 26.3 Å². The number of rotatable bonds is 6. The number of benzene rings is 1. The Balaban J connectivity index is 1.87. The zero-order valence-electron chi connectivity index (χ0n) is 18.7. The van der Waals surface area contributed by atoms with Crippen LogP contribution in [-0.4, -0.2) is 5.78 Å². The molecular weight excluding hydrogens is 356 g/mol. The molecule has 0 N–H and O–H groups in total. The molecule has 1 aromatic rings. The molecule has 0 heterocycles. The maximum Gasteiger partial charge on any atom is 0.200 e. The van der Waals surface area contributed by atoms with E-state index in [0.717, 1.165) is 18.4 Å². The maximum absolute atomic E-state index is 13.1. The lowest BCUT2D eigenvalue weighted by atomic mass is 9.61. The van der Waals surface area contributed by atoms with Crippen molar-refractivity contribution >= 4 is 5.78 Å². The zero-order valence-corrected chi connectivity index (χ0v) is 18.7. The molecule has 2 heteroatoms. The lowest BCUT2D eigenvalue weighted by Crippen LogP contribution is -2.39. The fraction of sp³-hybridized carbons (Fsp3) is 0.519. The van der Waals surface area contributed by atoms with Crippen LogP contribution in [0.25, 0.3) is 0 Å². The van der Waals surface area contributed by atoms with Gasteiger partial charge in [0.2, 0.25) is 0 Å². The first-order chi connectivity index (χ1) is 13.9. The molecule has 5 atom stereocenters. The SMILES string of the molecule is CC(C)=C/C=C/[C@@H](C)C1CC[C@H](C)C2=C(OCc3ccccc3)C(=O)C(C)CC21. The number of carbonyl (C=O) groups is 1. The van der Waals surface area contributed by atoms with Crippen molar-refractivity contribution in [1.29, 1.82) is 0 Å². The van der Waals surface area contributed by atoms with Crippen LogP contribution in [0.3, 0.4) is 0 Å². The van der Waals surface area contributed by atoms with Crippen LogP contribution in [-0.2, 0) is 16.1 Å². The number of carbonyl (C=O) groups excluding carboxylic acids is 1. The molecule has 1 fully saturated rings. The van der Waals surface area contributed by atoms with Gasteiger partial charge in [0.05, 0.1) is 0 Å². The maximum atomic E-state index is 13.1. The van der Waals surface area contributed by atoms with Gasteiger partial charge in [-0.15, -0.1) is 0 Å². The van der Waals surface area contributed by atoms with E-state index in [1.807, 2.05) is 18.2 Å². The largest absolute Gasteiger partial charge is 0.485 e. The fourth-order valence-electron chi connectivity index (χ4n) is 5.02. The number of ether oxygens (including phenoxy) is 1. The number of allylic oxidation sites excluding steroid dienone is 6. The second-order valence-electron chi connectivity index (χ2n) is 9.30. The first-order valence-electron chi connectivity index (χ1n) is 11.1. The highest BCUT2D eigenvalue weighted by molar-refractivity contribution is 5.97. The van der Waals surface area contributed by atoms with E-state index < -0.39 is 0 Å². The highest BCUT2D eigenvalue weighted by atomic mass is 16.5. The Hall–Kier alpha value is -2.09. The Kier molecular flexibility index (Phi) is 7.16. The van der Waals surface area contributed by atoms with Crippen molar-refractivity contribution in [1.82, 2.24) is 0 Å². The lowest BCUT2D eigenvalue weighted by molar-refractivity contribution is -0.124. The van der Waals surface area contributed by atoms with Crippen LogP contribution in [0.4, 0.5) is 0 Å². The van der Waals surface area contributed by atoms with E-state index in [0.29, 0.717) is 36.0 Å². The second kappa shape index (κ2) is 9.61. The standard InChI is InChI=1S/C27H36O2/c1-18(2)10-9-11-19(3)23-15-14-20(4)25-24(23)16-21(5)26(28)27(25)29-17-22-12-7-6-8-13-22/h6-13,19-21,23-24H,14-17H2,1-5H3/b11-9+/t19-,20+,21?,23?,24?/m1/s1. The number of hydrogen-bond donors (Lipinski definition) is 0. The molecule has 0 amide bonds. The molecule has 2 aliphatic rings. The monoisotopic (exact) mass is 392 g/mol. The van der Waals surface area contributed by atoms with E-state index in [1.165, 1.54) is 17.6 Å². The lowest BCUT2D eigenvalue weighted by Gasteiger charge is -2.44. The summed E-state index contributed by atoms with van der Waals surface area (Å²) in [5.41, 5.74) is 3.73. The van der Waals surface area contributed by atoms with Crippen molar-refractivity contribution in [2.45, 2.75) is 60.5 Å². The zero-order chi connectivity index (χ0) is 21.0. The first-order valence-corrected chi connectivity index (χ1v) is 11.1. The minimum Gasteiger partial charge on any atom is -0.485 e. The van der Waals surface area contributed by atoms with Crippen molar-refractivity contribution in [3.8, 4) is 0 Å². The summed E-state index contributed by atoms with van der Waals surface area (Å²) in [6.45, 7) is 11.4. The Bertz CT molecular complexity index is 795. The summed E-state index contributed by atoms with van der Waals surface area (Å²) in [6.07, 6.45) is 10.0. The smallest absolute Gasteiger partial charge is 0.200 e. The van der Waals surface area contributed by atoms with Crippen LogP contribution >= 0.6 is 0 Å². The molecule has 0 spiro atoms. The average molecular weight is 393 g/mol. The molecule has 0 aromatic heterocycles. The van der Waals surface area contributed by atoms with Gasteiger partial charge in [-0.3, -0.25) is 4.79 Å². The summed E-state index contributed by atoms with van der Waals surface area (Å²) in [7, 11) is 0. The summed E-state index contributed by atoms with van der Waals surface area (Å²) >= 11 is 0. The highest BCUT2D eigenvalue weighted by Crippen LogP contribution is 2.49. The van der Waals surface area contributed by atoms with Gasteiger partial charge in [-0.1, -0.05) is 74.9 Å². The molecule has 0 bridgehead atoms. The number of fused-ring (bicyclic) bond motifs is 1. The van der Waals surface area contributed by atoms with Gasteiger partial charge >= 0.3 is 0 Å². The Morgan fingerprint density at radius 3 is 2.55 bits per heavy atom. The van der Waals surface area contributed by atoms with Crippen LogP contribution in [0.15, 0.2) is 65.5 Å². The minimum atomic E-state index is 0.0382. The summed E-state index contributed by atoms with van der Waals surface area (Å²) in [6, 6.07) is 10.2. The van der Waals surface area contributed by atoms with Gasteiger partial charge in [-0.2, -0.15) is 0 Å². The van der Waals surface area contributed by atoms with Crippen LogP contribution in [0.1, 0.15) is 59.4 Å². The molecule has 0 aliphatic heterocycles. The van der Waals surface area contributed by atoms with E-state index in [2.05, 4.69) is 65.0 Å². The Labute approximate surface area is 176 Å². The van der Waals surface area contributed by atoms with Gasteiger partial charge in [0.25, 0.3) is 0 Å². The third-order valence-corrected chi connectivity index (χ3v) is 6.67. The minimum absolute atomic E-state index is 0.0382. The number of hydrogen-bond acceptors (Lipinski definition) is 2. The third-order valence-electron chi connectivity index (χ3n) is 6.67. The fourth-order valence-corrected chi connectivity index (χ4v) is 5.02. The molecule has 1 saturated carbocycles. The molecule has 2 nitrogen and oxygen atoms in total. The molecule has 156 valence electrons. The van der Waals surface area contributed by atoms with Gasteiger partial charge in [-0.05, 0) is 67.9 Å².